The van der Waals surface area contributed by atoms with Crippen molar-refractivity contribution in [2.45, 2.75) is 104 Å². The van der Waals surface area contributed by atoms with Gasteiger partial charge in [-0.25, -0.2) is 0 Å². The van der Waals surface area contributed by atoms with Gasteiger partial charge in [-0.05, 0) is 117 Å². The number of para-hydroxylation sites is 2. The summed E-state index contributed by atoms with van der Waals surface area (Å²) in [5, 5.41) is 2.62. The molecule has 7 aromatic rings. The lowest BCUT2D eigenvalue weighted by Crippen LogP contribution is -2.62. The summed E-state index contributed by atoms with van der Waals surface area (Å²) < 4.78 is 7.09. The van der Waals surface area contributed by atoms with Crippen LogP contribution in [0.4, 0.5) is 33.4 Å². The minimum absolute atomic E-state index is 0.0121. The largest absolute Gasteiger partial charge is 0.460 e. The van der Waals surface area contributed by atoms with Crippen LogP contribution in [0.25, 0.3) is 21.4 Å². The maximum Gasteiger partial charge on any atom is 0.253 e. The maximum absolute atomic E-state index is 7.09. The number of nitrogens with zero attached hydrogens (tertiary/aromatic N) is 2. The van der Waals surface area contributed by atoms with Crippen LogP contribution >= 0.6 is 11.3 Å². The predicted octanol–water partition coefficient (Wildman–Crippen LogP) is 12.8. The normalized spacial score (nSPS) is 17.8. The maximum atomic E-state index is 7.09. The quantitative estimate of drug-likeness (QED) is 0.164. The molecule has 0 amide bonds. The Morgan fingerprint density at radius 2 is 1.30 bits per heavy atom. The second kappa shape index (κ2) is 11.3. The van der Waals surface area contributed by atoms with Crippen LogP contribution < -0.4 is 26.2 Å². The molecule has 5 aromatic carbocycles. The van der Waals surface area contributed by atoms with Crippen LogP contribution in [0.1, 0.15) is 109 Å². The van der Waals surface area contributed by atoms with Gasteiger partial charge in [0.15, 0.2) is 0 Å². The van der Waals surface area contributed by atoms with Crippen LogP contribution in [0.15, 0.2) is 108 Å². The number of anilines is 6. The number of hydrogen-bond donors (Lipinski definition) is 0. The van der Waals surface area contributed by atoms with Crippen molar-refractivity contribution in [3.8, 4) is 10.4 Å². The zero-order valence-corrected chi connectivity index (χ0v) is 35.8. The van der Waals surface area contributed by atoms with Crippen molar-refractivity contribution in [3.63, 3.8) is 0 Å². The summed E-state index contributed by atoms with van der Waals surface area (Å²) in [4.78, 5) is 6.56. The summed E-state index contributed by atoms with van der Waals surface area (Å²) in [6.07, 6.45) is 2.26. The second-order valence-electron chi connectivity index (χ2n) is 20.1. The smallest absolute Gasteiger partial charge is 0.253 e. The fourth-order valence-electron chi connectivity index (χ4n) is 10.9. The second-order valence-corrected chi connectivity index (χ2v) is 21.1. The molecule has 0 radical (unpaired) electrons. The molecule has 0 bridgehead atoms. The standard InChI is InChI=1S/C52H51BN2OS/c1-30-25-39-44-40(26-30)55(33-19-15-12-16-20-33)48-45(43-46(57-48)34-27-31(49(2,3)4)21-22-36(34)52(43,9)10)53(44)37-28-35-41(29-38(37)54(39)32-17-13-11-14-18-32)56-47-42(35)50(5,6)23-24-51(47,7)8/h11-22,25-29H,23-24H2,1-10H3. The Morgan fingerprint density at radius 1 is 0.667 bits per heavy atom. The highest BCUT2D eigenvalue weighted by atomic mass is 32.1. The fraction of sp³-hybridized carbons (Fsp3) is 0.308. The Morgan fingerprint density at radius 3 is 1.96 bits per heavy atom. The number of furan rings is 1. The summed E-state index contributed by atoms with van der Waals surface area (Å²) in [5.41, 5.74) is 19.5. The van der Waals surface area contributed by atoms with Crippen LogP contribution in [0.3, 0.4) is 0 Å². The molecule has 0 saturated carbocycles. The molecule has 57 heavy (non-hydrogen) atoms. The highest BCUT2D eigenvalue weighted by Gasteiger charge is 2.52. The Kier molecular flexibility index (Phi) is 7.01. The molecule has 2 aromatic heterocycles. The van der Waals surface area contributed by atoms with E-state index in [-0.39, 0.29) is 28.4 Å². The van der Waals surface area contributed by atoms with E-state index in [1.165, 1.54) is 93.5 Å². The number of fused-ring (bicyclic) bond motifs is 11. The van der Waals surface area contributed by atoms with Crippen molar-refractivity contribution in [3.05, 3.63) is 137 Å². The van der Waals surface area contributed by atoms with Crippen molar-refractivity contribution in [1.29, 1.82) is 0 Å². The highest BCUT2D eigenvalue weighted by molar-refractivity contribution is 7.23. The minimum Gasteiger partial charge on any atom is -0.460 e. The number of hydrogen-bond acceptors (Lipinski definition) is 4. The third kappa shape index (κ3) is 4.73. The monoisotopic (exact) mass is 762 g/mol. The van der Waals surface area contributed by atoms with E-state index >= 15 is 0 Å². The van der Waals surface area contributed by atoms with Gasteiger partial charge >= 0.3 is 0 Å². The molecule has 4 heterocycles. The van der Waals surface area contributed by atoms with E-state index in [4.69, 9.17) is 4.42 Å². The summed E-state index contributed by atoms with van der Waals surface area (Å²) in [6, 6.07) is 39.3. The highest BCUT2D eigenvalue weighted by Crippen LogP contribution is 2.58. The zero-order chi connectivity index (χ0) is 39.6. The lowest BCUT2D eigenvalue weighted by molar-refractivity contribution is 0.284. The van der Waals surface area contributed by atoms with Gasteiger partial charge in [0.2, 0.25) is 0 Å². The Labute approximate surface area is 342 Å². The molecule has 0 atom stereocenters. The van der Waals surface area contributed by atoms with Crippen molar-refractivity contribution < 1.29 is 4.42 Å². The van der Waals surface area contributed by atoms with E-state index in [2.05, 4.69) is 182 Å². The van der Waals surface area contributed by atoms with Crippen LogP contribution in [0, 0.1) is 6.92 Å². The number of rotatable bonds is 2. The van der Waals surface area contributed by atoms with E-state index in [0.29, 0.717) is 0 Å². The molecule has 3 nitrogen and oxygen atoms in total. The van der Waals surface area contributed by atoms with Crippen molar-refractivity contribution in [1.82, 2.24) is 0 Å². The van der Waals surface area contributed by atoms with Crippen LogP contribution in [0.2, 0.25) is 0 Å². The summed E-state index contributed by atoms with van der Waals surface area (Å²) in [5.74, 6) is 1.17. The van der Waals surface area contributed by atoms with Crippen molar-refractivity contribution in [2.24, 2.45) is 0 Å². The van der Waals surface area contributed by atoms with Crippen molar-refractivity contribution in [2.75, 3.05) is 9.80 Å². The molecule has 0 spiro atoms. The summed E-state index contributed by atoms with van der Waals surface area (Å²) in [7, 11) is 0. The summed E-state index contributed by atoms with van der Waals surface area (Å²) in [6.45, 7) is 23.8. The first-order valence-corrected chi connectivity index (χ1v) is 21.7. The lowest BCUT2D eigenvalue weighted by atomic mass is 9.32. The van der Waals surface area contributed by atoms with Gasteiger partial charge in [-0.1, -0.05) is 117 Å². The Hall–Kier alpha value is -5.00. The predicted molar refractivity (Wildman–Crippen MR) is 244 cm³/mol. The first-order valence-electron chi connectivity index (χ1n) is 20.9. The number of aryl methyl sites for hydroxylation is 1. The molecular formula is C52H51BN2OS. The van der Waals surface area contributed by atoms with Crippen LogP contribution in [-0.4, -0.2) is 6.71 Å². The van der Waals surface area contributed by atoms with Gasteiger partial charge in [0, 0.05) is 61.2 Å². The van der Waals surface area contributed by atoms with Gasteiger partial charge in [0.05, 0.1) is 5.00 Å². The Bertz CT molecular complexity index is 2830. The van der Waals surface area contributed by atoms with Crippen LogP contribution in [-0.2, 0) is 21.7 Å². The lowest BCUT2D eigenvalue weighted by Gasteiger charge is -2.44. The molecule has 0 saturated heterocycles. The Balaban J connectivity index is 1.29. The average molecular weight is 763 g/mol. The number of thiophene rings is 1. The first-order chi connectivity index (χ1) is 27.1. The molecule has 0 N–H and O–H groups in total. The van der Waals surface area contributed by atoms with Gasteiger partial charge in [-0.2, -0.15) is 0 Å². The molecule has 0 unspecified atom stereocenters. The van der Waals surface area contributed by atoms with Gasteiger partial charge in [-0.15, -0.1) is 11.3 Å². The van der Waals surface area contributed by atoms with E-state index < -0.39 is 0 Å². The molecule has 284 valence electrons. The molecule has 0 fully saturated rings. The topological polar surface area (TPSA) is 19.6 Å². The van der Waals surface area contributed by atoms with Gasteiger partial charge in [0.25, 0.3) is 6.71 Å². The van der Waals surface area contributed by atoms with E-state index in [1.54, 1.807) is 0 Å². The van der Waals surface area contributed by atoms with E-state index in [9.17, 15) is 0 Å². The molecule has 5 heteroatoms. The molecule has 11 rings (SSSR count). The van der Waals surface area contributed by atoms with E-state index in [1.807, 2.05) is 11.3 Å². The molecule has 2 aliphatic carbocycles. The number of benzene rings is 5. The SMILES string of the molecule is Cc1cc2c3c(c1)N(c1ccccc1)c1sc4c(c1B3c1cc3c5c(oc3cc1N2c1ccccc1)C(C)(C)CCC5(C)C)C(C)(C)c1ccc(C(C)(C)C)cc1-4. The first kappa shape index (κ1) is 35.2. The fourth-order valence-corrected chi connectivity index (χ4v) is 12.5. The van der Waals surface area contributed by atoms with Gasteiger partial charge < -0.3 is 14.2 Å². The molecular weight excluding hydrogens is 711 g/mol. The van der Waals surface area contributed by atoms with Gasteiger partial charge in [-0.3, -0.25) is 0 Å². The summed E-state index contributed by atoms with van der Waals surface area (Å²) >= 11 is 2.00. The van der Waals surface area contributed by atoms with E-state index in [0.717, 1.165) is 24.1 Å². The third-order valence-electron chi connectivity index (χ3n) is 14.0. The molecule has 4 aliphatic rings. The minimum atomic E-state index is -0.183. The zero-order valence-electron chi connectivity index (χ0n) is 35.0. The average Bonchev–Trinajstić information content (AvgIpc) is 3.82. The van der Waals surface area contributed by atoms with Crippen LogP contribution in [0.5, 0.6) is 0 Å². The van der Waals surface area contributed by atoms with Crippen molar-refractivity contribution >= 4 is 78.8 Å². The third-order valence-corrected chi connectivity index (χ3v) is 15.2. The van der Waals surface area contributed by atoms with Gasteiger partial charge in [0.1, 0.15) is 11.3 Å². The molecule has 2 aliphatic heterocycles.